The first-order valence-corrected chi connectivity index (χ1v) is 6.39. The average molecular weight is 234 g/mol. The molecule has 96 valence electrons. The molecule has 2 nitrogen and oxygen atoms in total. The SMILES string of the molecule is CN(CCCNCC(F)F)C1CCCCC1. The molecule has 1 saturated carbocycles. The second-order valence-electron chi connectivity index (χ2n) is 4.72. The maximum atomic E-state index is 11.8. The van der Waals surface area contributed by atoms with Gasteiger partial charge < -0.3 is 10.2 Å². The van der Waals surface area contributed by atoms with Crippen molar-refractivity contribution in [1.82, 2.24) is 10.2 Å². The Labute approximate surface area is 97.4 Å². The van der Waals surface area contributed by atoms with Crippen LogP contribution in [0.4, 0.5) is 8.78 Å². The Balaban J connectivity index is 1.98. The van der Waals surface area contributed by atoms with E-state index in [1.807, 2.05) is 0 Å². The Bertz CT molecular complexity index is 170. The van der Waals surface area contributed by atoms with Crippen molar-refractivity contribution in [3.8, 4) is 0 Å². The Morgan fingerprint density at radius 2 is 1.94 bits per heavy atom. The topological polar surface area (TPSA) is 15.3 Å². The molecule has 1 aliphatic carbocycles. The van der Waals surface area contributed by atoms with Crippen molar-refractivity contribution in [3.05, 3.63) is 0 Å². The second-order valence-corrected chi connectivity index (χ2v) is 4.72. The van der Waals surface area contributed by atoms with E-state index in [1.54, 1.807) is 0 Å². The maximum Gasteiger partial charge on any atom is 0.250 e. The van der Waals surface area contributed by atoms with Gasteiger partial charge >= 0.3 is 0 Å². The van der Waals surface area contributed by atoms with Crippen molar-refractivity contribution < 1.29 is 8.78 Å². The summed E-state index contributed by atoms with van der Waals surface area (Å²) in [6.07, 6.45) is 5.41. The molecule has 1 fully saturated rings. The summed E-state index contributed by atoms with van der Waals surface area (Å²) in [6.45, 7) is 1.54. The van der Waals surface area contributed by atoms with Crippen LogP contribution in [0.15, 0.2) is 0 Å². The van der Waals surface area contributed by atoms with E-state index in [9.17, 15) is 8.78 Å². The Kier molecular flexibility index (Phi) is 6.88. The molecule has 0 amide bonds. The molecular weight excluding hydrogens is 210 g/mol. The van der Waals surface area contributed by atoms with Crippen molar-refractivity contribution in [2.75, 3.05) is 26.7 Å². The fourth-order valence-corrected chi connectivity index (χ4v) is 2.37. The second kappa shape index (κ2) is 7.96. The number of nitrogens with one attached hydrogen (secondary N) is 1. The lowest BCUT2D eigenvalue weighted by atomic mass is 9.94. The fourth-order valence-electron chi connectivity index (χ4n) is 2.37. The minimum Gasteiger partial charge on any atom is -0.311 e. The molecule has 16 heavy (non-hydrogen) atoms. The van der Waals surface area contributed by atoms with Gasteiger partial charge in [0.2, 0.25) is 0 Å². The van der Waals surface area contributed by atoms with Gasteiger partial charge in [0.05, 0.1) is 6.54 Å². The van der Waals surface area contributed by atoms with Crippen LogP contribution in [0.5, 0.6) is 0 Å². The van der Waals surface area contributed by atoms with Crippen molar-refractivity contribution in [2.24, 2.45) is 0 Å². The first-order chi connectivity index (χ1) is 7.70. The van der Waals surface area contributed by atoms with Crippen LogP contribution in [0.2, 0.25) is 0 Å². The molecule has 0 atom stereocenters. The van der Waals surface area contributed by atoms with Crippen LogP contribution in [0.25, 0.3) is 0 Å². The summed E-state index contributed by atoms with van der Waals surface area (Å²) in [5, 5.41) is 2.77. The quantitative estimate of drug-likeness (QED) is 0.681. The summed E-state index contributed by atoms with van der Waals surface area (Å²) >= 11 is 0. The van der Waals surface area contributed by atoms with Crippen LogP contribution in [0.3, 0.4) is 0 Å². The van der Waals surface area contributed by atoms with Crippen LogP contribution < -0.4 is 5.32 Å². The highest BCUT2D eigenvalue weighted by Gasteiger charge is 2.17. The zero-order valence-electron chi connectivity index (χ0n) is 10.2. The lowest BCUT2D eigenvalue weighted by Gasteiger charge is -2.31. The van der Waals surface area contributed by atoms with Crippen molar-refractivity contribution in [1.29, 1.82) is 0 Å². The molecule has 0 aromatic carbocycles. The van der Waals surface area contributed by atoms with E-state index in [1.165, 1.54) is 32.1 Å². The molecule has 0 heterocycles. The number of rotatable bonds is 7. The van der Waals surface area contributed by atoms with Gasteiger partial charge in [0.15, 0.2) is 0 Å². The molecule has 1 aliphatic rings. The molecule has 0 aliphatic heterocycles. The van der Waals surface area contributed by atoms with Gasteiger partial charge in [-0.1, -0.05) is 19.3 Å². The Morgan fingerprint density at radius 1 is 1.25 bits per heavy atom. The zero-order chi connectivity index (χ0) is 11.8. The molecule has 0 bridgehead atoms. The number of halogens is 2. The lowest BCUT2D eigenvalue weighted by molar-refractivity contribution is 0.144. The van der Waals surface area contributed by atoms with Crippen LogP contribution in [-0.4, -0.2) is 44.0 Å². The van der Waals surface area contributed by atoms with E-state index in [2.05, 4.69) is 17.3 Å². The van der Waals surface area contributed by atoms with Crippen LogP contribution in [0, 0.1) is 0 Å². The Morgan fingerprint density at radius 3 is 2.56 bits per heavy atom. The Hall–Kier alpha value is -0.220. The van der Waals surface area contributed by atoms with E-state index < -0.39 is 6.43 Å². The normalized spacial score (nSPS) is 18.6. The predicted molar refractivity (Wildman–Crippen MR) is 63.0 cm³/mol. The monoisotopic (exact) mass is 234 g/mol. The van der Waals surface area contributed by atoms with Crippen LogP contribution in [0.1, 0.15) is 38.5 Å². The number of nitrogens with zero attached hydrogens (tertiary/aromatic N) is 1. The maximum absolute atomic E-state index is 11.8. The fraction of sp³-hybridized carbons (Fsp3) is 1.00. The van der Waals surface area contributed by atoms with Gasteiger partial charge in [0, 0.05) is 6.04 Å². The summed E-state index contributed by atoms with van der Waals surface area (Å²) in [7, 11) is 2.16. The summed E-state index contributed by atoms with van der Waals surface area (Å²) in [5.74, 6) is 0. The minimum atomic E-state index is -2.23. The summed E-state index contributed by atoms with van der Waals surface area (Å²) in [4.78, 5) is 2.39. The third-order valence-corrected chi connectivity index (χ3v) is 3.36. The molecule has 0 spiro atoms. The number of hydrogen-bond acceptors (Lipinski definition) is 2. The molecule has 0 unspecified atom stereocenters. The van der Waals surface area contributed by atoms with Gasteiger partial charge in [-0.05, 0) is 39.4 Å². The van der Waals surface area contributed by atoms with Crippen LogP contribution in [-0.2, 0) is 0 Å². The van der Waals surface area contributed by atoms with Crippen molar-refractivity contribution in [2.45, 2.75) is 51.0 Å². The largest absolute Gasteiger partial charge is 0.311 e. The highest BCUT2D eigenvalue weighted by Crippen LogP contribution is 2.21. The van der Waals surface area contributed by atoms with Crippen molar-refractivity contribution >= 4 is 0 Å². The van der Waals surface area contributed by atoms with E-state index >= 15 is 0 Å². The highest BCUT2D eigenvalue weighted by atomic mass is 19.3. The lowest BCUT2D eigenvalue weighted by Crippen LogP contribution is -2.35. The molecular formula is C12H24F2N2. The van der Waals surface area contributed by atoms with E-state index in [-0.39, 0.29) is 6.54 Å². The first-order valence-electron chi connectivity index (χ1n) is 6.39. The molecule has 0 radical (unpaired) electrons. The van der Waals surface area contributed by atoms with Gasteiger partial charge in [0.25, 0.3) is 6.43 Å². The third kappa shape index (κ3) is 5.75. The van der Waals surface area contributed by atoms with Gasteiger partial charge in [-0.25, -0.2) is 8.78 Å². The standard InChI is InChI=1S/C12H24F2N2/c1-16(11-6-3-2-4-7-11)9-5-8-15-10-12(13)14/h11-12,15H,2-10H2,1H3. The minimum absolute atomic E-state index is 0.173. The summed E-state index contributed by atoms with van der Waals surface area (Å²) in [5.41, 5.74) is 0. The van der Waals surface area contributed by atoms with Crippen LogP contribution >= 0.6 is 0 Å². The molecule has 0 aromatic rings. The first kappa shape index (κ1) is 13.8. The van der Waals surface area contributed by atoms with Crippen molar-refractivity contribution in [3.63, 3.8) is 0 Å². The van der Waals surface area contributed by atoms with Gasteiger partial charge in [-0.15, -0.1) is 0 Å². The number of hydrogen-bond donors (Lipinski definition) is 1. The van der Waals surface area contributed by atoms with E-state index in [0.717, 1.165) is 19.0 Å². The molecule has 1 N–H and O–H groups in total. The summed E-state index contributed by atoms with van der Waals surface area (Å²) < 4.78 is 23.7. The van der Waals surface area contributed by atoms with Gasteiger partial charge in [-0.3, -0.25) is 0 Å². The molecule has 4 heteroatoms. The summed E-state index contributed by atoms with van der Waals surface area (Å²) in [6, 6.07) is 0.726. The predicted octanol–water partition coefficient (Wildman–Crippen LogP) is 2.50. The average Bonchev–Trinajstić information content (AvgIpc) is 2.29. The number of alkyl halides is 2. The smallest absolute Gasteiger partial charge is 0.250 e. The zero-order valence-corrected chi connectivity index (χ0v) is 10.2. The molecule has 1 rings (SSSR count). The highest BCUT2D eigenvalue weighted by molar-refractivity contribution is 4.73. The van der Waals surface area contributed by atoms with E-state index in [0.29, 0.717) is 6.54 Å². The molecule has 0 aromatic heterocycles. The third-order valence-electron chi connectivity index (χ3n) is 3.36. The van der Waals surface area contributed by atoms with Gasteiger partial charge in [0.1, 0.15) is 0 Å². The van der Waals surface area contributed by atoms with Gasteiger partial charge in [-0.2, -0.15) is 0 Å². The molecule has 0 saturated heterocycles. The van der Waals surface area contributed by atoms with E-state index in [4.69, 9.17) is 0 Å².